The van der Waals surface area contributed by atoms with Gasteiger partial charge in [0.2, 0.25) is 0 Å². The summed E-state index contributed by atoms with van der Waals surface area (Å²) in [6.45, 7) is 3.99. The highest BCUT2D eigenvalue weighted by atomic mass is 16.5. The van der Waals surface area contributed by atoms with Gasteiger partial charge in [0.15, 0.2) is 0 Å². The van der Waals surface area contributed by atoms with Gasteiger partial charge in [-0.2, -0.15) is 0 Å². The van der Waals surface area contributed by atoms with Crippen LogP contribution in [0.3, 0.4) is 0 Å². The van der Waals surface area contributed by atoms with Crippen molar-refractivity contribution in [1.29, 1.82) is 0 Å². The van der Waals surface area contributed by atoms with Crippen LogP contribution >= 0.6 is 0 Å². The molecule has 0 bridgehead atoms. The van der Waals surface area contributed by atoms with Crippen LogP contribution in [0.25, 0.3) is 0 Å². The van der Waals surface area contributed by atoms with Crippen molar-refractivity contribution in [1.82, 2.24) is 14.9 Å². The molecule has 0 radical (unpaired) electrons. The Labute approximate surface area is 138 Å². The van der Waals surface area contributed by atoms with Crippen LogP contribution in [0.5, 0.6) is 0 Å². The summed E-state index contributed by atoms with van der Waals surface area (Å²) in [4.78, 5) is 11.0. The third-order valence-corrected chi connectivity index (χ3v) is 4.32. The molecule has 1 aliphatic heterocycles. The maximum atomic E-state index is 6.05. The molecule has 1 aliphatic rings. The molecular weight excluding hydrogens is 286 g/mol. The first-order valence-electron chi connectivity index (χ1n) is 8.53. The third kappa shape index (κ3) is 5.41. The van der Waals surface area contributed by atoms with Crippen molar-refractivity contribution in [2.45, 2.75) is 38.4 Å². The molecule has 0 aliphatic carbocycles. The first kappa shape index (κ1) is 16.1. The van der Waals surface area contributed by atoms with Gasteiger partial charge in [0, 0.05) is 25.1 Å². The fourth-order valence-corrected chi connectivity index (χ4v) is 3.09. The molecule has 2 aromatic heterocycles. The molecule has 4 nitrogen and oxygen atoms in total. The summed E-state index contributed by atoms with van der Waals surface area (Å²) < 4.78 is 6.05. The number of aryl methyl sites for hydroxylation is 1. The van der Waals surface area contributed by atoms with E-state index < -0.39 is 0 Å². The molecule has 3 heterocycles. The quantitative estimate of drug-likeness (QED) is 0.787. The number of hydrogen-bond acceptors (Lipinski definition) is 4. The zero-order valence-electron chi connectivity index (χ0n) is 13.6. The lowest BCUT2D eigenvalue weighted by molar-refractivity contribution is -0.0113. The van der Waals surface area contributed by atoms with Crippen molar-refractivity contribution in [2.75, 3.05) is 19.6 Å². The number of aromatic nitrogens is 2. The predicted octanol–water partition coefficient (Wildman–Crippen LogP) is 3.09. The molecule has 4 heteroatoms. The molecule has 0 spiro atoms. The van der Waals surface area contributed by atoms with E-state index in [1.54, 1.807) is 0 Å². The molecule has 0 saturated carbocycles. The largest absolute Gasteiger partial charge is 0.371 e. The van der Waals surface area contributed by atoms with Crippen LogP contribution in [-0.2, 0) is 17.8 Å². The molecule has 1 saturated heterocycles. The zero-order chi connectivity index (χ0) is 15.7. The van der Waals surface area contributed by atoms with Gasteiger partial charge in [0.05, 0.1) is 18.4 Å². The van der Waals surface area contributed by atoms with Gasteiger partial charge in [0.1, 0.15) is 0 Å². The number of nitrogens with zero attached hydrogens (tertiary/aromatic N) is 3. The molecule has 0 aromatic carbocycles. The number of likely N-dealkylation sites (tertiary alicyclic amines) is 1. The Morgan fingerprint density at radius 2 is 2.17 bits per heavy atom. The average molecular weight is 311 g/mol. The van der Waals surface area contributed by atoms with Crippen molar-refractivity contribution in [2.24, 2.45) is 0 Å². The zero-order valence-corrected chi connectivity index (χ0v) is 13.6. The van der Waals surface area contributed by atoms with Crippen LogP contribution in [0.1, 0.15) is 30.5 Å². The van der Waals surface area contributed by atoms with Gasteiger partial charge >= 0.3 is 0 Å². The molecule has 23 heavy (non-hydrogen) atoms. The Balaban J connectivity index is 1.38. The Morgan fingerprint density at radius 1 is 1.17 bits per heavy atom. The molecule has 0 amide bonds. The minimum atomic E-state index is 0.337. The summed E-state index contributed by atoms with van der Waals surface area (Å²) in [6.07, 6.45) is 10.6. The maximum Gasteiger partial charge on any atom is 0.0892 e. The summed E-state index contributed by atoms with van der Waals surface area (Å²) in [5, 5.41) is 0. The second-order valence-electron chi connectivity index (χ2n) is 6.16. The normalized spacial score (nSPS) is 18.9. The smallest absolute Gasteiger partial charge is 0.0892 e. The molecule has 1 atom stereocenters. The van der Waals surface area contributed by atoms with Gasteiger partial charge in [-0.1, -0.05) is 12.1 Å². The minimum absolute atomic E-state index is 0.337. The van der Waals surface area contributed by atoms with E-state index in [1.165, 1.54) is 24.9 Å². The summed E-state index contributed by atoms with van der Waals surface area (Å²) in [6, 6.07) is 10.1. The monoisotopic (exact) mass is 311 g/mol. The van der Waals surface area contributed by atoms with E-state index >= 15 is 0 Å². The van der Waals surface area contributed by atoms with Crippen LogP contribution in [0.15, 0.2) is 48.9 Å². The van der Waals surface area contributed by atoms with Gasteiger partial charge in [-0.3, -0.25) is 9.97 Å². The second kappa shape index (κ2) is 8.75. The van der Waals surface area contributed by atoms with Crippen molar-refractivity contribution < 1.29 is 4.74 Å². The van der Waals surface area contributed by atoms with Crippen LogP contribution in [0.4, 0.5) is 0 Å². The van der Waals surface area contributed by atoms with Gasteiger partial charge in [0.25, 0.3) is 0 Å². The van der Waals surface area contributed by atoms with E-state index in [9.17, 15) is 0 Å². The molecule has 1 fully saturated rings. The summed E-state index contributed by atoms with van der Waals surface area (Å²) >= 11 is 0. The highest BCUT2D eigenvalue weighted by Crippen LogP contribution is 2.15. The fourth-order valence-electron chi connectivity index (χ4n) is 3.09. The topological polar surface area (TPSA) is 38.2 Å². The van der Waals surface area contributed by atoms with E-state index in [0.29, 0.717) is 12.7 Å². The third-order valence-electron chi connectivity index (χ3n) is 4.32. The van der Waals surface area contributed by atoms with E-state index in [2.05, 4.69) is 20.9 Å². The fraction of sp³-hybridized carbons (Fsp3) is 0.474. The standard InChI is InChI=1S/C19H25N3O/c1-2-11-21-18(8-1)16-23-19-9-5-13-22(15-19)12-4-7-17-6-3-10-20-14-17/h1-3,6,8,10-11,14,19H,4-5,7,9,12-13,15-16H2. The van der Waals surface area contributed by atoms with Crippen LogP contribution in [-0.4, -0.2) is 40.6 Å². The second-order valence-corrected chi connectivity index (χ2v) is 6.16. The highest BCUT2D eigenvalue weighted by Gasteiger charge is 2.20. The number of ether oxygens (including phenoxy) is 1. The van der Waals surface area contributed by atoms with Gasteiger partial charge < -0.3 is 9.64 Å². The Kier molecular flexibility index (Phi) is 6.12. The van der Waals surface area contributed by atoms with Gasteiger partial charge in [-0.25, -0.2) is 0 Å². The molecule has 3 rings (SSSR count). The summed E-state index contributed by atoms with van der Waals surface area (Å²) in [5.41, 5.74) is 2.34. The average Bonchev–Trinajstić information content (AvgIpc) is 2.62. The minimum Gasteiger partial charge on any atom is -0.371 e. The Morgan fingerprint density at radius 3 is 3.00 bits per heavy atom. The van der Waals surface area contributed by atoms with Crippen molar-refractivity contribution in [3.63, 3.8) is 0 Å². The Hall–Kier alpha value is -1.78. The summed E-state index contributed by atoms with van der Waals surface area (Å²) in [7, 11) is 0. The SMILES string of the molecule is c1ccc(COC2CCCN(CCCc3cccnc3)C2)nc1. The van der Waals surface area contributed by atoms with E-state index in [1.807, 2.05) is 42.9 Å². The van der Waals surface area contributed by atoms with E-state index in [-0.39, 0.29) is 0 Å². The van der Waals surface area contributed by atoms with Gasteiger partial charge in [-0.05, 0) is 62.5 Å². The van der Waals surface area contributed by atoms with Crippen molar-refractivity contribution in [3.8, 4) is 0 Å². The van der Waals surface area contributed by atoms with E-state index in [0.717, 1.165) is 31.6 Å². The summed E-state index contributed by atoms with van der Waals surface area (Å²) in [5.74, 6) is 0. The Bertz CT molecular complexity index is 561. The molecule has 0 N–H and O–H groups in total. The number of hydrogen-bond donors (Lipinski definition) is 0. The van der Waals surface area contributed by atoms with E-state index in [4.69, 9.17) is 4.74 Å². The maximum absolute atomic E-state index is 6.05. The molecule has 1 unspecified atom stereocenters. The highest BCUT2D eigenvalue weighted by molar-refractivity contribution is 5.08. The molecule has 2 aromatic rings. The molecular formula is C19H25N3O. The lowest BCUT2D eigenvalue weighted by Gasteiger charge is -2.32. The predicted molar refractivity (Wildman–Crippen MR) is 91.0 cm³/mol. The van der Waals surface area contributed by atoms with Crippen molar-refractivity contribution in [3.05, 3.63) is 60.2 Å². The number of rotatable bonds is 7. The number of pyridine rings is 2. The lowest BCUT2D eigenvalue weighted by Crippen LogP contribution is -2.40. The number of piperidine rings is 1. The molecule has 122 valence electrons. The van der Waals surface area contributed by atoms with Crippen LogP contribution in [0, 0.1) is 0 Å². The van der Waals surface area contributed by atoms with Crippen LogP contribution < -0.4 is 0 Å². The van der Waals surface area contributed by atoms with Gasteiger partial charge in [-0.15, -0.1) is 0 Å². The first-order chi connectivity index (χ1) is 11.4. The lowest BCUT2D eigenvalue weighted by atomic mass is 10.1. The van der Waals surface area contributed by atoms with Crippen LogP contribution in [0.2, 0.25) is 0 Å². The van der Waals surface area contributed by atoms with Crippen molar-refractivity contribution >= 4 is 0 Å². The first-order valence-corrected chi connectivity index (χ1v) is 8.53.